The zero-order valence-electron chi connectivity index (χ0n) is 19.7. The molecule has 1 fully saturated rings. The first-order valence-corrected chi connectivity index (χ1v) is 11.1. The van der Waals surface area contributed by atoms with E-state index in [1.54, 1.807) is 7.11 Å². The van der Waals surface area contributed by atoms with Gasteiger partial charge in [0.1, 0.15) is 17.4 Å². The van der Waals surface area contributed by atoms with Crippen LogP contribution >= 0.6 is 0 Å². The number of hydrogen-bond acceptors (Lipinski definition) is 4. The highest BCUT2D eigenvalue weighted by Gasteiger charge is 2.14. The minimum absolute atomic E-state index is 0.309. The third-order valence-electron chi connectivity index (χ3n) is 5.33. The minimum atomic E-state index is -0.309. The maximum absolute atomic E-state index is 12.2. The van der Waals surface area contributed by atoms with Gasteiger partial charge in [0.05, 0.1) is 24.8 Å². The molecule has 1 aliphatic heterocycles. The number of aryl methyl sites for hydroxylation is 1. The van der Waals surface area contributed by atoms with Gasteiger partial charge in [-0.15, -0.1) is 0 Å². The van der Waals surface area contributed by atoms with E-state index in [0.29, 0.717) is 12.1 Å². The summed E-state index contributed by atoms with van der Waals surface area (Å²) in [6, 6.07) is 5.55. The third kappa shape index (κ3) is 6.78. The number of allylic oxidation sites excluding steroid dienone is 6. The lowest BCUT2D eigenvalue weighted by Gasteiger charge is -2.18. The van der Waals surface area contributed by atoms with Gasteiger partial charge in [0, 0.05) is 31.9 Å². The zero-order chi connectivity index (χ0) is 24.3. The zero-order valence-corrected chi connectivity index (χ0v) is 19.7. The minimum Gasteiger partial charge on any atom is -0.499 e. The fourth-order valence-electron chi connectivity index (χ4n) is 3.63. The van der Waals surface area contributed by atoms with Crippen molar-refractivity contribution in [3.63, 3.8) is 0 Å². The van der Waals surface area contributed by atoms with Gasteiger partial charge in [0.15, 0.2) is 0 Å². The normalized spacial score (nSPS) is 17.9. The van der Waals surface area contributed by atoms with Gasteiger partial charge in [-0.3, -0.25) is 9.79 Å². The number of halogens is 1. The summed E-state index contributed by atoms with van der Waals surface area (Å²) in [6.45, 7) is 2.98. The Labute approximate surface area is 199 Å². The summed E-state index contributed by atoms with van der Waals surface area (Å²) in [6.07, 6.45) is 16.0. The summed E-state index contributed by atoms with van der Waals surface area (Å²) in [5, 5.41) is 5.75. The number of methoxy groups -OCH3 is 1. The van der Waals surface area contributed by atoms with Gasteiger partial charge in [-0.05, 0) is 67.3 Å². The van der Waals surface area contributed by atoms with Crippen LogP contribution in [-0.4, -0.2) is 42.5 Å². The molecule has 2 heterocycles. The molecule has 0 atom stereocenters. The van der Waals surface area contributed by atoms with E-state index in [2.05, 4.69) is 44.9 Å². The van der Waals surface area contributed by atoms with Crippen molar-refractivity contribution in [3.05, 3.63) is 89.5 Å². The summed E-state index contributed by atoms with van der Waals surface area (Å²) in [7, 11) is 3.56. The smallest absolute Gasteiger partial charge is 0.211 e. The molecule has 1 saturated heterocycles. The molecule has 1 aliphatic carbocycles. The number of rotatable bonds is 5. The van der Waals surface area contributed by atoms with Crippen LogP contribution in [0.5, 0.6) is 0 Å². The van der Waals surface area contributed by atoms with Crippen LogP contribution in [0.25, 0.3) is 5.70 Å². The van der Waals surface area contributed by atoms with Gasteiger partial charge in [-0.1, -0.05) is 12.2 Å². The van der Waals surface area contributed by atoms with Gasteiger partial charge >= 0.3 is 0 Å². The lowest BCUT2D eigenvalue weighted by molar-refractivity contribution is -0.105. The summed E-state index contributed by atoms with van der Waals surface area (Å²) in [5.74, 6) is 1.63. The second-order valence-electron chi connectivity index (χ2n) is 7.72. The number of amidine groups is 1. The van der Waals surface area contributed by atoms with Crippen molar-refractivity contribution < 1.29 is 13.9 Å². The molecule has 0 radical (unpaired) electrons. The summed E-state index contributed by atoms with van der Waals surface area (Å²) in [5.41, 5.74) is 5.05. The van der Waals surface area contributed by atoms with Crippen molar-refractivity contribution in [3.8, 4) is 0 Å². The van der Waals surface area contributed by atoms with Crippen LogP contribution in [0, 0.1) is 12.7 Å². The Hall–Kier alpha value is -3.94. The van der Waals surface area contributed by atoms with Gasteiger partial charge < -0.3 is 19.9 Å². The second-order valence-corrected chi connectivity index (χ2v) is 7.72. The lowest BCUT2D eigenvalue weighted by atomic mass is 10.0. The Balaban J connectivity index is 0.000000271. The molecule has 0 unspecified atom stereocenters. The maximum Gasteiger partial charge on any atom is 0.211 e. The van der Waals surface area contributed by atoms with Crippen molar-refractivity contribution in [1.29, 1.82) is 0 Å². The number of ether oxygens (including phenoxy) is 1. The Morgan fingerprint density at radius 1 is 1.26 bits per heavy atom. The Morgan fingerprint density at radius 2 is 2.06 bits per heavy atom. The van der Waals surface area contributed by atoms with E-state index < -0.39 is 0 Å². The summed E-state index contributed by atoms with van der Waals surface area (Å²) < 4.78 is 19.8. The van der Waals surface area contributed by atoms with Crippen molar-refractivity contribution >= 4 is 23.6 Å². The van der Waals surface area contributed by atoms with E-state index in [0.717, 1.165) is 48.8 Å². The Kier molecular flexibility index (Phi) is 8.96. The molecule has 1 aromatic heterocycles. The van der Waals surface area contributed by atoms with Crippen LogP contribution in [0.1, 0.15) is 25.0 Å². The molecule has 178 valence electrons. The van der Waals surface area contributed by atoms with Gasteiger partial charge in [-0.2, -0.15) is 0 Å². The molecular weight excluding hydrogens is 433 g/mol. The SMILES string of the molecule is CN=C1NCCC/C1=C\C1=CCC(OC)=C(n2cnc(C)c2)C=C1.O=CNc1ccc(F)cc1. The molecule has 2 aliphatic rings. The average Bonchev–Trinajstić information content (AvgIpc) is 3.18. The number of hydrogen-bond donors (Lipinski definition) is 2. The number of anilines is 1. The number of imidazole rings is 1. The highest BCUT2D eigenvalue weighted by Crippen LogP contribution is 2.24. The number of aliphatic imine (C=N–C) groups is 1. The number of benzene rings is 1. The van der Waals surface area contributed by atoms with Gasteiger partial charge in [0.2, 0.25) is 6.41 Å². The average molecular weight is 464 g/mol. The van der Waals surface area contributed by atoms with Crippen LogP contribution in [0.3, 0.4) is 0 Å². The standard InChI is InChI=1S/C19H24N4O.C7H6FNO/c1-14-12-23(13-22-14)17-8-6-15(7-9-18(17)24-3)11-16-5-4-10-21-19(16)20-2;8-6-1-3-7(4-2-6)9-5-10/h6-8,11-13H,4-5,9-10H2,1-3H3,(H,20,21);1-5H,(H,9,10)/b16-11+;. The first-order chi connectivity index (χ1) is 16.5. The van der Waals surface area contributed by atoms with Gasteiger partial charge in [0.25, 0.3) is 0 Å². The van der Waals surface area contributed by atoms with E-state index >= 15 is 0 Å². The van der Waals surface area contributed by atoms with E-state index in [9.17, 15) is 9.18 Å². The molecule has 0 spiro atoms. The van der Waals surface area contributed by atoms with Crippen LogP contribution in [0.4, 0.5) is 10.1 Å². The molecular formula is C26H30FN5O2. The van der Waals surface area contributed by atoms with Crippen molar-refractivity contribution in [2.24, 2.45) is 4.99 Å². The first kappa shape index (κ1) is 24.7. The second kappa shape index (κ2) is 12.3. The summed E-state index contributed by atoms with van der Waals surface area (Å²) >= 11 is 0. The topological polar surface area (TPSA) is 80.5 Å². The quantitative estimate of drug-likeness (QED) is 0.634. The molecule has 2 aromatic rings. The molecule has 2 N–H and O–H groups in total. The molecule has 0 saturated carbocycles. The Morgan fingerprint density at radius 3 is 2.71 bits per heavy atom. The maximum atomic E-state index is 12.2. The molecule has 1 amide bonds. The lowest BCUT2D eigenvalue weighted by Crippen LogP contribution is -2.31. The molecule has 4 rings (SSSR count). The van der Waals surface area contributed by atoms with Crippen molar-refractivity contribution in [2.45, 2.75) is 26.2 Å². The summed E-state index contributed by atoms with van der Waals surface area (Å²) in [4.78, 5) is 18.5. The van der Waals surface area contributed by atoms with E-state index in [1.807, 2.05) is 31.1 Å². The number of amides is 1. The molecule has 1 aromatic carbocycles. The fraction of sp³-hybridized carbons (Fsp3) is 0.269. The van der Waals surface area contributed by atoms with Crippen LogP contribution in [0.15, 0.2) is 83.0 Å². The number of carbonyl (C=O) groups is 1. The van der Waals surface area contributed by atoms with Crippen LogP contribution in [0.2, 0.25) is 0 Å². The van der Waals surface area contributed by atoms with Crippen molar-refractivity contribution in [2.75, 3.05) is 26.0 Å². The molecule has 7 nitrogen and oxygen atoms in total. The molecule has 34 heavy (non-hydrogen) atoms. The van der Waals surface area contributed by atoms with Crippen LogP contribution < -0.4 is 10.6 Å². The monoisotopic (exact) mass is 463 g/mol. The third-order valence-corrected chi connectivity index (χ3v) is 5.33. The van der Waals surface area contributed by atoms with E-state index in [1.165, 1.54) is 35.4 Å². The van der Waals surface area contributed by atoms with Crippen LogP contribution in [-0.2, 0) is 9.53 Å². The first-order valence-electron chi connectivity index (χ1n) is 11.1. The molecule has 0 bridgehead atoms. The van der Waals surface area contributed by atoms with Crippen molar-refractivity contribution in [1.82, 2.24) is 14.9 Å². The predicted molar refractivity (Wildman–Crippen MR) is 134 cm³/mol. The van der Waals surface area contributed by atoms with Gasteiger partial charge in [-0.25, -0.2) is 9.37 Å². The largest absolute Gasteiger partial charge is 0.499 e. The van der Waals surface area contributed by atoms with E-state index in [-0.39, 0.29) is 5.82 Å². The highest BCUT2D eigenvalue weighted by molar-refractivity contribution is 5.99. The predicted octanol–water partition coefficient (Wildman–Crippen LogP) is 4.62. The number of nitrogens with zero attached hydrogens (tertiary/aromatic N) is 3. The number of aromatic nitrogens is 2. The number of carbonyl (C=O) groups excluding carboxylic acids is 1. The molecule has 8 heteroatoms. The highest BCUT2D eigenvalue weighted by atomic mass is 19.1. The number of piperidine rings is 1. The number of nitrogens with one attached hydrogen (secondary N) is 2. The fourth-order valence-corrected chi connectivity index (χ4v) is 3.63. The Bertz CT molecular complexity index is 1140. The van der Waals surface area contributed by atoms with E-state index in [4.69, 9.17) is 4.74 Å².